The van der Waals surface area contributed by atoms with Crippen molar-refractivity contribution in [2.45, 2.75) is 49.1 Å². The molecular formula is C17H23FN2O5S. The summed E-state index contributed by atoms with van der Waals surface area (Å²) in [7, 11) is -2.11. The maximum absolute atomic E-state index is 12.7. The van der Waals surface area contributed by atoms with E-state index >= 15 is 0 Å². The lowest BCUT2D eigenvalue weighted by atomic mass is 9.96. The molecule has 1 saturated carbocycles. The number of halogens is 1. The molecule has 2 N–H and O–H groups in total. The molecular weight excluding hydrogens is 363 g/mol. The molecule has 0 aromatic heterocycles. The molecule has 0 bridgehead atoms. The zero-order chi connectivity index (χ0) is 19.3. The largest absolute Gasteiger partial charge is 0.480 e. The number of aliphatic carboxylic acids is 1. The Morgan fingerprint density at radius 3 is 2.31 bits per heavy atom. The number of nitrogens with zero attached hydrogens (tertiary/aromatic N) is 1. The van der Waals surface area contributed by atoms with Crippen LogP contribution in [0.25, 0.3) is 0 Å². The van der Waals surface area contributed by atoms with Crippen molar-refractivity contribution in [3.63, 3.8) is 0 Å². The van der Waals surface area contributed by atoms with Gasteiger partial charge in [-0.2, -0.15) is 4.31 Å². The maximum Gasteiger partial charge on any atom is 0.328 e. The van der Waals surface area contributed by atoms with Gasteiger partial charge in [0.2, 0.25) is 10.0 Å². The summed E-state index contributed by atoms with van der Waals surface area (Å²) in [6.07, 6.45) is 4.78. The normalized spacial score (nSPS) is 17.0. The van der Waals surface area contributed by atoms with Gasteiger partial charge in [0.25, 0.3) is 5.91 Å². The molecule has 1 unspecified atom stereocenters. The van der Waals surface area contributed by atoms with E-state index < -0.39 is 34.6 Å². The van der Waals surface area contributed by atoms with E-state index in [-0.39, 0.29) is 16.5 Å². The van der Waals surface area contributed by atoms with Crippen LogP contribution in [0.1, 0.15) is 42.5 Å². The Bertz CT molecular complexity index is 745. The first-order valence-corrected chi connectivity index (χ1v) is 9.89. The summed E-state index contributed by atoms with van der Waals surface area (Å²) in [5.41, 5.74) is 0.0592. The maximum atomic E-state index is 12.7. The number of carbonyl (C=O) groups excluding carboxylic acids is 1. The van der Waals surface area contributed by atoms with Crippen LogP contribution < -0.4 is 5.32 Å². The lowest BCUT2D eigenvalue weighted by Crippen LogP contribution is -2.42. The fraction of sp³-hybridized carbons (Fsp3) is 0.529. The first-order valence-electron chi connectivity index (χ1n) is 8.45. The van der Waals surface area contributed by atoms with Gasteiger partial charge in [-0.05, 0) is 37.1 Å². The van der Waals surface area contributed by atoms with Gasteiger partial charge in [0, 0.05) is 18.7 Å². The van der Waals surface area contributed by atoms with E-state index in [2.05, 4.69) is 0 Å². The number of sulfonamides is 1. The summed E-state index contributed by atoms with van der Waals surface area (Å²) in [4.78, 5) is 22.8. The fourth-order valence-electron chi connectivity index (χ4n) is 2.99. The number of hydrogen-bond donors (Lipinski definition) is 2. The molecule has 0 radical (unpaired) electrons. The summed E-state index contributed by atoms with van der Waals surface area (Å²) >= 11 is 0. The lowest BCUT2D eigenvalue weighted by Gasteiger charge is -2.30. The summed E-state index contributed by atoms with van der Waals surface area (Å²) in [6.45, 7) is -1.24. The van der Waals surface area contributed by atoms with Gasteiger partial charge in [0.15, 0.2) is 6.04 Å². The second-order valence-electron chi connectivity index (χ2n) is 6.36. The van der Waals surface area contributed by atoms with Crippen LogP contribution in [-0.2, 0) is 14.8 Å². The lowest BCUT2D eigenvalue weighted by molar-refractivity contribution is -0.139. The number of carboxylic acids is 1. The van der Waals surface area contributed by atoms with Crippen LogP contribution in [0.2, 0.25) is 0 Å². The van der Waals surface area contributed by atoms with Crippen molar-refractivity contribution >= 4 is 21.9 Å². The predicted molar refractivity (Wildman–Crippen MR) is 93.1 cm³/mol. The van der Waals surface area contributed by atoms with Crippen molar-refractivity contribution < 1.29 is 27.5 Å². The van der Waals surface area contributed by atoms with Gasteiger partial charge in [-0.1, -0.05) is 19.3 Å². The molecule has 1 aliphatic carbocycles. The fourth-order valence-corrected chi connectivity index (χ4v) is 4.41. The van der Waals surface area contributed by atoms with Crippen LogP contribution in [0.15, 0.2) is 29.2 Å². The van der Waals surface area contributed by atoms with Crippen molar-refractivity contribution in [2.75, 3.05) is 13.7 Å². The van der Waals surface area contributed by atoms with Crippen molar-refractivity contribution in [2.24, 2.45) is 0 Å². The molecule has 1 aromatic carbocycles. The number of carboxylic acid groups (broad SMARTS) is 1. The standard InChI is InChI=1S/C17H23FN2O5S/c1-20(13-5-3-2-4-6-13)26(24,25)14-9-7-12(8-10-14)16(21)19-15(11-18)17(22)23/h7-10,13,15H,2-6,11H2,1H3,(H,19,21)(H,22,23). The molecule has 0 spiro atoms. The van der Waals surface area contributed by atoms with Gasteiger partial charge >= 0.3 is 5.97 Å². The van der Waals surface area contributed by atoms with Crippen LogP contribution >= 0.6 is 0 Å². The van der Waals surface area contributed by atoms with Gasteiger partial charge in [0.1, 0.15) is 6.67 Å². The quantitative estimate of drug-likeness (QED) is 0.744. The highest BCUT2D eigenvalue weighted by Gasteiger charge is 2.29. The number of nitrogens with one attached hydrogen (secondary N) is 1. The summed E-state index contributed by atoms with van der Waals surface area (Å²) in [5, 5.41) is 10.8. The number of rotatable bonds is 7. The SMILES string of the molecule is CN(C1CCCCC1)S(=O)(=O)c1ccc(C(=O)NC(CF)C(=O)O)cc1. The third-order valence-corrected chi connectivity index (χ3v) is 6.56. The van der Waals surface area contributed by atoms with Crippen molar-refractivity contribution in [3.8, 4) is 0 Å². The van der Waals surface area contributed by atoms with Crippen molar-refractivity contribution in [3.05, 3.63) is 29.8 Å². The molecule has 26 heavy (non-hydrogen) atoms. The first kappa shape index (κ1) is 20.3. The zero-order valence-electron chi connectivity index (χ0n) is 14.5. The van der Waals surface area contributed by atoms with Crippen LogP contribution in [0.4, 0.5) is 4.39 Å². The van der Waals surface area contributed by atoms with Crippen LogP contribution in [0, 0.1) is 0 Å². The van der Waals surface area contributed by atoms with E-state index in [1.165, 1.54) is 28.6 Å². The second kappa shape index (κ2) is 8.59. The number of amides is 1. The highest BCUT2D eigenvalue weighted by molar-refractivity contribution is 7.89. The second-order valence-corrected chi connectivity index (χ2v) is 8.35. The Hall–Kier alpha value is -2.00. The Balaban J connectivity index is 2.12. The molecule has 0 heterocycles. The van der Waals surface area contributed by atoms with E-state index in [0.29, 0.717) is 0 Å². The van der Waals surface area contributed by atoms with E-state index in [0.717, 1.165) is 32.1 Å². The van der Waals surface area contributed by atoms with E-state index in [9.17, 15) is 22.4 Å². The van der Waals surface area contributed by atoms with Crippen LogP contribution in [-0.4, -0.2) is 55.5 Å². The number of carbonyl (C=O) groups is 2. The molecule has 1 aromatic rings. The van der Waals surface area contributed by atoms with Gasteiger partial charge in [0.05, 0.1) is 4.90 Å². The molecule has 9 heteroatoms. The van der Waals surface area contributed by atoms with Gasteiger partial charge in [-0.3, -0.25) is 4.79 Å². The highest BCUT2D eigenvalue weighted by Crippen LogP contribution is 2.26. The molecule has 1 aliphatic rings. The summed E-state index contributed by atoms with van der Waals surface area (Å²) in [5.74, 6) is -2.26. The van der Waals surface area contributed by atoms with E-state index in [4.69, 9.17) is 5.11 Å². The Morgan fingerprint density at radius 1 is 1.23 bits per heavy atom. The Labute approximate surface area is 152 Å². The molecule has 1 fully saturated rings. The van der Waals surface area contributed by atoms with E-state index in [1.54, 1.807) is 7.05 Å². The molecule has 0 aliphatic heterocycles. The van der Waals surface area contributed by atoms with Gasteiger partial charge in [-0.25, -0.2) is 17.6 Å². The number of benzene rings is 1. The van der Waals surface area contributed by atoms with E-state index in [1.807, 2.05) is 5.32 Å². The molecule has 2 rings (SSSR count). The minimum absolute atomic E-state index is 0.0300. The van der Waals surface area contributed by atoms with Crippen LogP contribution in [0.3, 0.4) is 0 Å². The molecule has 0 saturated heterocycles. The Morgan fingerprint density at radius 2 is 1.81 bits per heavy atom. The molecule has 7 nitrogen and oxygen atoms in total. The van der Waals surface area contributed by atoms with Gasteiger partial charge in [-0.15, -0.1) is 0 Å². The predicted octanol–water partition coefficient (Wildman–Crippen LogP) is 1.79. The van der Waals surface area contributed by atoms with Crippen LogP contribution in [0.5, 0.6) is 0 Å². The van der Waals surface area contributed by atoms with Crippen molar-refractivity contribution in [1.29, 1.82) is 0 Å². The smallest absolute Gasteiger partial charge is 0.328 e. The topological polar surface area (TPSA) is 104 Å². The molecule has 1 atom stereocenters. The van der Waals surface area contributed by atoms with Crippen molar-refractivity contribution in [1.82, 2.24) is 9.62 Å². The monoisotopic (exact) mass is 386 g/mol. The minimum Gasteiger partial charge on any atom is -0.480 e. The molecule has 144 valence electrons. The minimum atomic E-state index is -3.67. The molecule has 1 amide bonds. The zero-order valence-corrected chi connectivity index (χ0v) is 15.3. The number of hydrogen-bond acceptors (Lipinski definition) is 4. The number of alkyl halides is 1. The third kappa shape index (κ3) is 4.59. The Kier molecular flexibility index (Phi) is 6.71. The average Bonchev–Trinajstić information content (AvgIpc) is 2.65. The highest BCUT2D eigenvalue weighted by atomic mass is 32.2. The third-order valence-electron chi connectivity index (χ3n) is 4.64. The van der Waals surface area contributed by atoms with Gasteiger partial charge < -0.3 is 10.4 Å². The summed E-state index contributed by atoms with van der Waals surface area (Å²) < 4.78 is 39.4. The first-order chi connectivity index (χ1) is 12.3. The average molecular weight is 386 g/mol. The summed E-state index contributed by atoms with van der Waals surface area (Å²) in [6, 6.07) is 3.51.